The Bertz CT molecular complexity index is 1290. The lowest BCUT2D eigenvalue weighted by atomic mass is 10.0. The van der Waals surface area contributed by atoms with Gasteiger partial charge in [-0.3, -0.25) is 0 Å². The molecule has 0 radical (unpaired) electrons. The van der Waals surface area contributed by atoms with E-state index in [1.165, 1.54) is 30.6 Å². The summed E-state index contributed by atoms with van der Waals surface area (Å²) in [6, 6.07) is 6.22. The fourth-order valence-electron chi connectivity index (χ4n) is 5.15. The highest BCUT2D eigenvalue weighted by atomic mass is 19.4. The van der Waals surface area contributed by atoms with Crippen LogP contribution in [-0.2, 0) is 11.3 Å². The zero-order valence-corrected chi connectivity index (χ0v) is 21.4. The van der Waals surface area contributed by atoms with Crippen LogP contribution in [0.4, 0.5) is 19.1 Å². The maximum atomic E-state index is 13.0. The molecule has 208 valence electrons. The van der Waals surface area contributed by atoms with Crippen LogP contribution in [0.5, 0.6) is 5.75 Å². The molecule has 1 N–H and O–H groups in total. The number of carboxylic acid groups (broad SMARTS) is 1. The van der Waals surface area contributed by atoms with E-state index in [9.17, 15) is 18.0 Å². The summed E-state index contributed by atoms with van der Waals surface area (Å²) in [5.74, 6) is -0.100. The molecule has 1 aliphatic carbocycles. The molecule has 3 aromatic rings. The normalized spacial score (nSPS) is 19.4. The summed E-state index contributed by atoms with van der Waals surface area (Å²) in [6.07, 6.45) is 3.10. The number of anilines is 1. The lowest BCUT2D eigenvalue weighted by Gasteiger charge is -2.30. The smallest absolute Gasteiger partial charge is 0.478 e. The van der Waals surface area contributed by atoms with E-state index < -0.39 is 12.3 Å². The third-order valence-electron chi connectivity index (χ3n) is 7.18. The summed E-state index contributed by atoms with van der Waals surface area (Å²) in [4.78, 5) is 21.9. The van der Waals surface area contributed by atoms with E-state index >= 15 is 0 Å². The van der Waals surface area contributed by atoms with Crippen molar-refractivity contribution in [1.29, 1.82) is 0 Å². The zero-order chi connectivity index (χ0) is 27.6. The van der Waals surface area contributed by atoms with Crippen LogP contribution >= 0.6 is 0 Å². The molecule has 39 heavy (non-hydrogen) atoms. The predicted molar refractivity (Wildman–Crippen MR) is 133 cm³/mol. The minimum atomic E-state index is -4.84. The van der Waals surface area contributed by atoms with Crippen molar-refractivity contribution in [3.63, 3.8) is 0 Å². The molecular weight excluding hydrogens is 517 g/mol. The molecule has 1 saturated heterocycles. The number of alkyl halides is 3. The summed E-state index contributed by atoms with van der Waals surface area (Å²) in [6.45, 7) is 2.62. The molecule has 0 spiro atoms. The fraction of sp³-hybridized carbons (Fsp3) is 0.481. The number of ether oxygens (including phenoxy) is 2. The minimum absolute atomic E-state index is 0.0316. The monoisotopic (exact) mass is 546 g/mol. The fourth-order valence-corrected chi connectivity index (χ4v) is 5.15. The molecule has 1 aliphatic heterocycles. The Morgan fingerprint density at radius 3 is 2.51 bits per heavy atom. The van der Waals surface area contributed by atoms with Gasteiger partial charge < -0.3 is 24.0 Å². The largest absolute Gasteiger partial charge is 0.573 e. The Hall–Kier alpha value is -3.67. The van der Waals surface area contributed by atoms with Gasteiger partial charge >= 0.3 is 12.3 Å². The first-order valence-electron chi connectivity index (χ1n) is 13.0. The van der Waals surface area contributed by atoms with Gasteiger partial charge in [-0.1, -0.05) is 24.2 Å². The van der Waals surface area contributed by atoms with Crippen LogP contribution in [0, 0.1) is 0 Å². The van der Waals surface area contributed by atoms with Gasteiger partial charge in [0, 0.05) is 48.1 Å². The summed E-state index contributed by atoms with van der Waals surface area (Å²) in [7, 11) is 0. The molecule has 2 aromatic heterocycles. The SMILES string of the molecule is CCC1CC[C@@H](CCOCc2c(-c3ccccc3OC(F)(F)F)noc2C2CC2)N1c1ncc(C(=O)O)cn1. The zero-order valence-electron chi connectivity index (χ0n) is 21.4. The Kier molecular flexibility index (Phi) is 7.74. The van der Waals surface area contributed by atoms with Gasteiger partial charge in [0.05, 0.1) is 12.2 Å². The van der Waals surface area contributed by atoms with Crippen molar-refractivity contribution in [2.75, 3.05) is 11.5 Å². The maximum absolute atomic E-state index is 13.0. The van der Waals surface area contributed by atoms with E-state index in [-0.39, 0.29) is 47.2 Å². The molecule has 12 heteroatoms. The molecule has 9 nitrogen and oxygen atoms in total. The third-order valence-corrected chi connectivity index (χ3v) is 7.18. The van der Waals surface area contributed by atoms with Crippen LogP contribution in [0.1, 0.15) is 73.0 Å². The van der Waals surface area contributed by atoms with Crippen molar-refractivity contribution >= 4 is 11.9 Å². The van der Waals surface area contributed by atoms with Crippen molar-refractivity contribution in [3.05, 3.63) is 53.5 Å². The van der Waals surface area contributed by atoms with Crippen LogP contribution in [0.3, 0.4) is 0 Å². The van der Waals surface area contributed by atoms with E-state index in [0.29, 0.717) is 30.3 Å². The number of nitrogens with zero attached hydrogens (tertiary/aromatic N) is 4. The highest BCUT2D eigenvalue weighted by molar-refractivity contribution is 5.86. The molecule has 0 amide bonds. The molecule has 3 heterocycles. The number of benzene rings is 1. The molecule has 0 bridgehead atoms. The Labute approximate surface area is 222 Å². The molecule has 2 fully saturated rings. The number of aromatic nitrogens is 3. The van der Waals surface area contributed by atoms with Gasteiger partial charge in [-0.25, -0.2) is 14.8 Å². The van der Waals surface area contributed by atoms with Crippen LogP contribution < -0.4 is 9.64 Å². The topological polar surface area (TPSA) is 111 Å². The van der Waals surface area contributed by atoms with Gasteiger partial charge in [0.25, 0.3) is 0 Å². The average Bonchev–Trinajstić information content (AvgIpc) is 3.53. The van der Waals surface area contributed by atoms with Crippen LogP contribution in [-0.4, -0.2) is 51.3 Å². The number of halogens is 3. The molecular formula is C27H29F3N4O5. The lowest BCUT2D eigenvalue weighted by molar-refractivity contribution is -0.274. The first-order chi connectivity index (χ1) is 18.7. The summed E-state index contributed by atoms with van der Waals surface area (Å²) >= 11 is 0. The van der Waals surface area contributed by atoms with Crippen LogP contribution in [0.2, 0.25) is 0 Å². The number of rotatable bonds is 11. The van der Waals surface area contributed by atoms with Gasteiger partial charge in [-0.05, 0) is 50.7 Å². The summed E-state index contributed by atoms with van der Waals surface area (Å²) in [5.41, 5.74) is 1.15. The quantitative estimate of drug-likeness (QED) is 0.291. The van der Waals surface area contributed by atoms with Gasteiger partial charge in [0.1, 0.15) is 17.2 Å². The standard InChI is InChI=1S/C27H29F3N4O5/c1-2-18-9-10-19(34(18)26-31-13-17(14-32-26)25(35)36)11-12-37-15-21-23(33-39-24(21)16-7-8-16)20-5-3-4-6-22(20)38-27(28,29)30/h3-6,13-14,16,18-19H,2,7-12,15H2,1H3,(H,35,36)/t18?,19-/m0/s1. The molecule has 1 saturated carbocycles. The van der Waals surface area contributed by atoms with Gasteiger partial charge in [-0.15, -0.1) is 13.2 Å². The van der Waals surface area contributed by atoms with E-state index in [1.807, 2.05) is 0 Å². The Morgan fingerprint density at radius 2 is 1.85 bits per heavy atom. The minimum Gasteiger partial charge on any atom is -0.478 e. The number of aromatic carboxylic acids is 1. The summed E-state index contributed by atoms with van der Waals surface area (Å²) < 4.78 is 54.9. The molecule has 1 aromatic carbocycles. The number of carbonyl (C=O) groups is 1. The second-order valence-corrected chi connectivity index (χ2v) is 9.81. The van der Waals surface area contributed by atoms with Gasteiger partial charge in [0.15, 0.2) is 0 Å². The highest BCUT2D eigenvalue weighted by Gasteiger charge is 2.36. The third kappa shape index (κ3) is 6.16. The summed E-state index contributed by atoms with van der Waals surface area (Å²) in [5, 5.41) is 13.3. The first kappa shape index (κ1) is 26.9. The van der Waals surface area contributed by atoms with Crippen molar-refractivity contribution in [3.8, 4) is 17.0 Å². The maximum Gasteiger partial charge on any atom is 0.573 e. The number of hydrogen-bond acceptors (Lipinski definition) is 8. The molecule has 5 rings (SSSR count). The van der Waals surface area contributed by atoms with E-state index in [1.54, 1.807) is 6.07 Å². The van der Waals surface area contributed by atoms with E-state index in [4.69, 9.17) is 14.4 Å². The second-order valence-electron chi connectivity index (χ2n) is 9.81. The van der Waals surface area contributed by atoms with Crippen molar-refractivity contribution < 1.29 is 37.1 Å². The average molecular weight is 547 g/mol. The van der Waals surface area contributed by atoms with Crippen LogP contribution in [0.15, 0.2) is 41.2 Å². The molecule has 2 aliphatic rings. The highest BCUT2D eigenvalue weighted by Crippen LogP contribution is 2.45. The first-order valence-corrected chi connectivity index (χ1v) is 13.0. The van der Waals surface area contributed by atoms with Crippen LogP contribution in [0.25, 0.3) is 11.3 Å². The van der Waals surface area contributed by atoms with E-state index in [0.717, 1.165) is 32.1 Å². The Morgan fingerprint density at radius 1 is 1.13 bits per heavy atom. The predicted octanol–water partition coefficient (Wildman–Crippen LogP) is 5.96. The Balaban J connectivity index is 1.28. The second kappa shape index (κ2) is 11.2. The lowest BCUT2D eigenvalue weighted by Crippen LogP contribution is -2.38. The van der Waals surface area contributed by atoms with E-state index in [2.05, 4.69) is 31.7 Å². The van der Waals surface area contributed by atoms with Crippen molar-refractivity contribution in [1.82, 2.24) is 15.1 Å². The number of para-hydroxylation sites is 1. The van der Waals surface area contributed by atoms with Gasteiger partial charge in [0.2, 0.25) is 5.95 Å². The molecule has 1 unspecified atom stereocenters. The van der Waals surface area contributed by atoms with Gasteiger partial charge in [-0.2, -0.15) is 0 Å². The number of hydrogen-bond donors (Lipinski definition) is 1. The van der Waals surface area contributed by atoms with Crippen molar-refractivity contribution in [2.45, 2.75) is 76.4 Å². The van der Waals surface area contributed by atoms with Crippen molar-refractivity contribution in [2.24, 2.45) is 0 Å². The number of carboxylic acids is 1. The molecule has 2 atom stereocenters.